The van der Waals surface area contributed by atoms with Gasteiger partial charge in [0.05, 0.1) is 0 Å². The molecule has 1 unspecified atom stereocenters. The van der Waals surface area contributed by atoms with E-state index in [-0.39, 0.29) is 0 Å². The molecule has 0 spiro atoms. The van der Waals surface area contributed by atoms with Gasteiger partial charge in [-0.25, -0.2) is 0 Å². The Bertz CT molecular complexity index is 968. The molecular formula is C34H49N. The molecule has 1 heteroatoms. The number of nitrogens with zero attached hydrogens (tertiary/aromatic N) is 1. The van der Waals surface area contributed by atoms with Crippen molar-refractivity contribution in [2.45, 2.75) is 87.0 Å². The molecule has 0 aromatic heterocycles. The maximum atomic E-state index is 4.31. The summed E-state index contributed by atoms with van der Waals surface area (Å²) in [4.78, 5) is 4.31. The summed E-state index contributed by atoms with van der Waals surface area (Å²) < 4.78 is 0. The van der Waals surface area contributed by atoms with E-state index >= 15 is 0 Å². The quantitative estimate of drug-likeness (QED) is 0.102. The van der Waals surface area contributed by atoms with Crippen molar-refractivity contribution in [3.63, 3.8) is 0 Å². The molecule has 1 atom stereocenters. The topological polar surface area (TPSA) is 12.4 Å². The van der Waals surface area contributed by atoms with Crippen LogP contribution < -0.4 is 0 Å². The Morgan fingerprint density at radius 1 is 0.886 bits per heavy atom. The zero-order valence-electron chi connectivity index (χ0n) is 23.7. The molecule has 190 valence electrons. The first-order valence-electron chi connectivity index (χ1n) is 13.3. The van der Waals surface area contributed by atoms with Gasteiger partial charge in [-0.15, -0.1) is 6.58 Å². The van der Waals surface area contributed by atoms with Crippen LogP contribution in [0.15, 0.2) is 77.3 Å². The number of hydrogen-bond acceptors (Lipinski definition) is 1. The van der Waals surface area contributed by atoms with Crippen molar-refractivity contribution < 1.29 is 0 Å². The first-order chi connectivity index (χ1) is 16.7. The van der Waals surface area contributed by atoms with Gasteiger partial charge in [-0.2, -0.15) is 0 Å². The Morgan fingerprint density at radius 2 is 1.43 bits per heavy atom. The molecule has 0 aliphatic heterocycles. The summed E-state index contributed by atoms with van der Waals surface area (Å²) in [7, 11) is 1.83. The van der Waals surface area contributed by atoms with Crippen LogP contribution in [0.3, 0.4) is 0 Å². The van der Waals surface area contributed by atoms with Gasteiger partial charge in [-0.05, 0) is 75.7 Å². The van der Waals surface area contributed by atoms with E-state index in [4.69, 9.17) is 0 Å². The number of aryl methyl sites for hydroxylation is 2. The van der Waals surface area contributed by atoms with Gasteiger partial charge in [0, 0.05) is 18.8 Å². The average molecular weight is 472 g/mol. The standard InChI is InChI=1S/C22H25N.C12H24/c1-6-18(4)22(20-13-9-17(3)10-14-20)21(15-23-5)19-11-7-16(2)8-12-19;1-5-6-7-8-12(4)10-9-11(2)3/h6-15H,1-5H3;12H,2,5-10H2,1,3-4H3/b18-6+,22-21-,23-15?;. The molecule has 0 amide bonds. The average Bonchev–Trinajstić information content (AvgIpc) is 2.84. The minimum atomic E-state index is 0.897. The van der Waals surface area contributed by atoms with Gasteiger partial charge in [-0.1, -0.05) is 111 Å². The number of allylic oxidation sites excluding steroid dienone is 5. The Labute approximate surface area is 216 Å². The lowest BCUT2D eigenvalue weighted by Gasteiger charge is -2.15. The minimum absolute atomic E-state index is 0.897. The SMILES string of the molecule is C/C=C(C)/C(=C(\C=NC)c1ccc(C)cc1)c1ccc(C)cc1.C=C(C)CCC(C)CCCCC. The predicted molar refractivity (Wildman–Crippen MR) is 160 cm³/mol. The largest absolute Gasteiger partial charge is 0.296 e. The summed E-state index contributed by atoms with van der Waals surface area (Å²) in [5, 5.41) is 0. The maximum Gasteiger partial charge on any atom is 0.0293 e. The predicted octanol–water partition coefficient (Wildman–Crippen LogP) is 10.4. The highest BCUT2D eigenvalue weighted by molar-refractivity contribution is 6.21. The van der Waals surface area contributed by atoms with Gasteiger partial charge in [0.2, 0.25) is 0 Å². The van der Waals surface area contributed by atoms with Crippen LogP contribution in [0.2, 0.25) is 0 Å². The maximum absolute atomic E-state index is 4.31. The fourth-order valence-corrected chi connectivity index (χ4v) is 3.99. The van der Waals surface area contributed by atoms with Gasteiger partial charge >= 0.3 is 0 Å². The van der Waals surface area contributed by atoms with E-state index in [2.05, 4.69) is 115 Å². The monoisotopic (exact) mass is 471 g/mol. The van der Waals surface area contributed by atoms with Crippen LogP contribution in [0.25, 0.3) is 11.1 Å². The van der Waals surface area contributed by atoms with Crippen LogP contribution in [0.5, 0.6) is 0 Å². The molecule has 0 aliphatic rings. The number of rotatable bonds is 11. The summed E-state index contributed by atoms with van der Waals surface area (Å²) >= 11 is 0. The lowest BCUT2D eigenvalue weighted by molar-refractivity contribution is 0.464. The van der Waals surface area contributed by atoms with Gasteiger partial charge in [-0.3, -0.25) is 4.99 Å². The smallest absolute Gasteiger partial charge is 0.0293 e. The lowest BCUT2D eigenvalue weighted by atomic mass is 9.89. The number of aliphatic imine (C=N–C) groups is 1. The van der Waals surface area contributed by atoms with Crippen molar-refractivity contribution in [2.24, 2.45) is 10.9 Å². The molecule has 0 fully saturated rings. The van der Waals surface area contributed by atoms with E-state index in [1.807, 2.05) is 13.3 Å². The molecule has 0 heterocycles. The van der Waals surface area contributed by atoms with E-state index in [1.54, 1.807) is 0 Å². The molecule has 2 aromatic carbocycles. The zero-order chi connectivity index (χ0) is 26.2. The Hall–Kier alpha value is -2.67. The molecule has 0 bridgehead atoms. The molecule has 0 N–H and O–H groups in total. The summed E-state index contributed by atoms with van der Waals surface area (Å²) in [6.07, 6.45) is 12.2. The third-order valence-corrected chi connectivity index (χ3v) is 6.42. The van der Waals surface area contributed by atoms with Crippen molar-refractivity contribution in [2.75, 3.05) is 7.05 Å². The molecule has 2 aromatic rings. The van der Waals surface area contributed by atoms with Crippen LogP contribution in [0, 0.1) is 19.8 Å². The van der Waals surface area contributed by atoms with Crippen LogP contribution >= 0.6 is 0 Å². The molecule has 0 radical (unpaired) electrons. The molecule has 0 saturated carbocycles. The van der Waals surface area contributed by atoms with Crippen LogP contribution in [-0.2, 0) is 0 Å². The van der Waals surface area contributed by atoms with Gasteiger partial charge in [0.1, 0.15) is 0 Å². The highest BCUT2D eigenvalue weighted by Gasteiger charge is 2.12. The third kappa shape index (κ3) is 11.5. The Balaban J connectivity index is 0.000000434. The number of hydrogen-bond donors (Lipinski definition) is 0. The van der Waals surface area contributed by atoms with Crippen molar-refractivity contribution >= 4 is 17.4 Å². The van der Waals surface area contributed by atoms with Crippen LogP contribution in [-0.4, -0.2) is 13.3 Å². The second kappa shape index (κ2) is 16.9. The van der Waals surface area contributed by atoms with E-state index in [0.29, 0.717) is 0 Å². The molecule has 1 nitrogen and oxygen atoms in total. The van der Waals surface area contributed by atoms with Gasteiger partial charge < -0.3 is 0 Å². The van der Waals surface area contributed by atoms with Gasteiger partial charge in [0.25, 0.3) is 0 Å². The summed E-state index contributed by atoms with van der Waals surface area (Å²) in [5.74, 6) is 0.897. The molecular weight excluding hydrogens is 422 g/mol. The summed E-state index contributed by atoms with van der Waals surface area (Å²) in [5.41, 5.74) is 9.93. The summed E-state index contributed by atoms with van der Waals surface area (Å²) in [6.45, 7) is 19.1. The summed E-state index contributed by atoms with van der Waals surface area (Å²) in [6, 6.07) is 17.3. The first kappa shape index (κ1) is 30.4. The second-order valence-corrected chi connectivity index (χ2v) is 9.98. The molecule has 0 saturated heterocycles. The Morgan fingerprint density at radius 3 is 1.89 bits per heavy atom. The van der Waals surface area contributed by atoms with Gasteiger partial charge in [0.15, 0.2) is 0 Å². The number of benzene rings is 2. The van der Waals surface area contributed by atoms with Crippen molar-refractivity contribution in [1.29, 1.82) is 0 Å². The van der Waals surface area contributed by atoms with Crippen molar-refractivity contribution in [1.82, 2.24) is 0 Å². The van der Waals surface area contributed by atoms with E-state index in [9.17, 15) is 0 Å². The molecule has 35 heavy (non-hydrogen) atoms. The minimum Gasteiger partial charge on any atom is -0.296 e. The first-order valence-corrected chi connectivity index (χ1v) is 13.3. The lowest BCUT2D eigenvalue weighted by Crippen LogP contribution is -1.96. The molecule has 2 rings (SSSR count). The van der Waals surface area contributed by atoms with E-state index in [1.165, 1.54) is 77.5 Å². The fourth-order valence-electron chi connectivity index (χ4n) is 3.99. The third-order valence-electron chi connectivity index (χ3n) is 6.42. The highest BCUT2D eigenvalue weighted by Crippen LogP contribution is 2.31. The van der Waals surface area contributed by atoms with E-state index in [0.717, 1.165) is 11.5 Å². The highest BCUT2D eigenvalue weighted by atomic mass is 14.6. The Kier molecular flexibility index (Phi) is 14.6. The normalized spacial score (nSPS) is 13.2. The van der Waals surface area contributed by atoms with Crippen LogP contribution in [0.4, 0.5) is 0 Å². The van der Waals surface area contributed by atoms with Crippen molar-refractivity contribution in [3.8, 4) is 0 Å². The zero-order valence-corrected chi connectivity index (χ0v) is 23.7. The van der Waals surface area contributed by atoms with Crippen molar-refractivity contribution in [3.05, 3.63) is 94.6 Å². The van der Waals surface area contributed by atoms with E-state index < -0.39 is 0 Å². The fraction of sp³-hybridized carbons (Fsp3) is 0.441. The second-order valence-electron chi connectivity index (χ2n) is 9.98. The number of unbranched alkanes of at least 4 members (excludes halogenated alkanes) is 2. The van der Waals surface area contributed by atoms with Crippen LogP contribution in [0.1, 0.15) is 95.4 Å². The molecule has 0 aliphatic carbocycles.